The molecule has 0 aliphatic carbocycles. The predicted molar refractivity (Wildman–Crippen MR) is 80.7 cm³/mol. The Morgan fingerprint density at radius 3 is 2.05 bits per heavy atom. The van der Waals surface area contributed by atoms with Crippen molar-refractivity contribution >= 4 is 0 Å². The standard InChI is InChI=1S/C17H20F2N2/c1-2-12-6-8-13(9-7-12)10-14(21-20)11-15-16(18)4-3-5-17(15)19/h3-9,14,21H,2,10-11,20H2,1H3. The summed E-state index contributed by atoms with van der Waals surface area (Å²) in [6.07, 6.45) is 1.82. The highest BCUT2D eigenvalue weighted by atomic mass is 19.1. The Kier molecular flexibility index (Phi) is 5.42. The van der Waals surface area contributed by atoms with E-state index in [-0.39, 0.29) is 18.0 Å². The van der Waals surface area contributed by atoms with Crippen LogP contribution in [0.1, 0.15) is 23.6 Å². The third kappa shape index (κ3) is 4.09. The van der Waals surface area contributed by atoms with Crippen LogP contribution in [0.2, 0.25) is 0 Å². The van der Waals surface area contributed by atoms with Crippen LogP contribution in [0.15, 0.2) is 42.5 Å². The topological polar surface area (TPSA) is 38.0 Å². The molecule has 2 aromatic carbocycles. The largest absolute Gasteiger partial charge is 0.271 e. The van der Waals surface area contributed by atoms with E-state index in [0.717, 1.165) is 12.0 Å². The zero-order valence-electron chi connectivity index (χ0n) is 12.1. The van der Waals surface area contributed by atoms with Gasteiger partial charge in [0.1, 0.15) is 11.6 Å². The monoisotopic (exact) mass is 290 g/mol. The lowest BCUT2D eigenvalue weighted by molar-refractivity contribution is 0.484. The average molecular weight is 290 g/mol. The van der Waals surface area contributed by atoms with Gasteiger partial charge in [0.25, 0.3) is 0 Å². The van der Waals surface area contributed by atoms with Crippen LogP contribution in [-0.2, 0) is 19.3 Å². The van der Waals surface area contributed by atoms with Gasteiger partial charge < -0.3 is 0 Å². The molecule has 2 rings (SSSR count). The molecule has 0 fully saturated rings. The van der Waals surface area contributed by atoms with E-state index in [9.17, 15) is 8.78 Å². The smallest absolute Gasteiger partial charge is 0.129 e. The first kappa shape index (κ1) is 15.6. The number of nitrogens with one attached hydrogen (secondary N) is 1. The molecule has 0 aliphatic heterocycles. The minimum atomic E-state index is -0.531. The zero-order chi connectivity index (χ0) is 15.2. The third-order valence-electron chi connectivity index (χ3n) is 3.66. The third-order valence-corrected chi connectivity index (χ3v) is 3.66. The van der Waals surface area contributed by atoms with E-state index in [1.54, 1.807) is 0 Å². The fraction of sp³-hybridized carbons (Fsp3) is 0.294. The molecule has 4 heteroatoms. The number of rotatable bonds is 6. The van der Waals surface area contributed by atoms with Crippen molar-refractivity contribution in [2.75, 3.05) is 0 Å². The first-order valence-electron chi connectivity index (χ1n) is 7.10. The first-order valence-corrected chi connectivity index (χ1v) is 7.10. The van der Waals surface area contributed by atoms with Crippen LogP contribution in [-0.4, -0.2) is 6.04 Å². The van der Waals surface area contributed by atoms with Crippen LogP contribution in [0.25, 0.3) is 0 Å². The van der Waals surface area contributed by atoms with Crippen molar-refractivity contribution in [3.63, 3.8) is 0 Å². The second-order valence-electron chi connectivity index (χ2n) is 5.14. The van der Waals surface area contributed by atoms with Gasteiger partial charge >= 0.3 is 0 Å². The first-order chi connectivity index (χ1) is 10.1. The van der Waals surface area contributed by atoms with Gasteiger partial charge in [0, 0.05) is 11.6 Å². The Morgan fingerprint density at radius 1 is 0.952 bits per heavy atom. The normalized spacial score (nSPS) is 12.4. The molecule has 1 unspecified atom stereocenters. The fourth-order valence-corrected chi connectivity index (χ4v) is 2.36. The van der Waals surface area contributed by atoms with Crippen molar-refractivity contribution in [1.29, 1.82) is 0 Å². The van der Waals surface area contributed by atoms with Crippen LogP contribution >= 0.6 is 0 Å². The molecule has 1 atom stereocenters. The fourth-order valence-electron chi connectivity index (χ4n) is 2.36. The maximum atomic E-state index is 13.7. The number of halogens is 2. The Bertz CT molecular complexity index is 562. The van der Waals surface area contributed by atoms with Crippen LogP contribution in [0, 0.1) is 11.6 Å². The second kappa shape index (κ2) is 7.29. The van der Waals surface area contributed by atoms with Crippen molar-refractivity contribution in [2.24, 2.45) is 5.84 Å². The summed E-state index contributed by atoms with van der Waals surface area (Å²) < 4.78 is 27.4. The van der Waals surface area contributed by atoms with E-state index in [1.807, 2.05) is 12.1 Å². The molecule has 0 saturated heterocycles. The number of aryl methyl sites for hydroxylation is 1. The summed E-state index contributed by atoms with van der Waals surface area (Å²) >= 11 is 0. The highest BCUT2D eigenvalue weighted by molar-refractivity contribution is 5.25. The molecule has 2 nitrogen and oxygen atoms in total. The van der Waals surface area contributed by atoms with Gasteiger partial charge in [-0.05, 0) is 42.5 Å². The van der Waals surface area contributed by atoms with Gasteiger partial charge in [-0.2, -0.15) is 0 Å². The zero-order valence-corrected chi connectivity index (χ0v) is 12.1. The molecule has 0 bridgehead atoms. The SMILES string of the molecule is CCc1ccc(CC(Cc2c(F)cccc2F)NN)cc1. The predicted octanol–water partition coefficient (Wildman–Crippen LogP) is 3.14. The molecule has 2 aromatic rings. The molecular formula is C17H20F2N2. The molecule has 0 aliphatic rings. The Morgan fingerprint density at radius 2 is 1.52 bits per heavy atom. The Balaban J connectivity index is 2.09. The van der Waals surface area contributed by atoms with Crippen LogP contribution < -0.4 is 11.3 Å². The molecule has 112 valence electrons. The maximum Gasteiger partial charge on any atom is 0.129 e. The summed E-state index contributed by atoms with van der Waals surface area (Å²) in [5, 5.41) is 0. The molecule has 3 N–H and O–H groups in total. The van der Waals surface area contributed by atoms with E-state index >= 15 is 0 Å². The van der Waals surface area contributed by atoms with Gasteiger partial charge in [-0.3, -0.25) is 11.3 Å². The Hall–Kier alpha value is -1.78. The summed E-state index contributed by atoms with van der Waals surface area (Å²) in [7, 11) is 0. The van der Waals surface area contributed by atoms with Crippen molar-refractivity contribution in [2.45, 2.75) is 32.2 Å². The lowest BCUT2D eigenvalue weighted by Gasteiger charge is -2.17. The van der Waals surface area contributed by atoms with E-state index in [1.165, 1.54) is 23.8 Å². The molecule has 0 radical (unpaired) electrons. The minimum absolute atomic E-state index is 0.0747. The summed E-state index contributed by atoms with van der Waals surface area (Å²) in [5.41, 5.74) is 5.07. The van der Waals surface area contributed by atoms with Crippen molar-refractivity contribution in [1.82, 2.24) is 5.43 Å². The van der Waals surface area contributed by atoms with Gasteiger partial charge in [0.2, 0.25) is 0 Å². The average Bonchev–Trinajstić information content (AvgIpc) is 2.50. The van der Waals surface area contributed by atoms with E-state index in [4.69, 9.17) is 5.84 Å². The van der Waals surface area contributed by atoms with Gasteiger partial charge in [-0.25, -0.2) is 8.78 Å². The van der Waals surface area contributed by atoms with Gasteiger partial charge in [0.05, 0.1) is 0 Å². The van der Waals surface area contributed by atoms with Gasteiger partial charge in [-0.1, -0.05) is 37.3 Å². The Labute approximate surface area is 124 Å². The quantitative estimate of drug-likeness (QED) is 0.633. The van der Waals surface area contributed by atoms with Crippen molar-refractivity contribution in [3.8, 4) is 0 Å². The molecule has 0 amide bonds. The summed E-state index contributed by atoms with van der Waals surface area (Å²) in [4.78, 5) is 0. The highest BCUT2D eigenvalue weighted by Gasteiger charge is 2.15. The van der Waals surface area contributed by atoms with Crippen LogP contribution in [0.5, 0.6) is 0 Å². The molecule has 0 heterocycles. The van der Waals surface area contributed by atoms with E-state index < -0.39 is 11.6 Å². The summed E-state index contributed by atoms with van der Waals surface area (Å²) in [6.45, 7) is 2.10. The van der Waals surface area contributed by atoms with Crippen molar-refractivity contribution in [3.05, 3.63) is 70.8 Å². The minimum Gasteiger partial charge on any atom is -0.271 e. The van der Waals surface area contributed by atoms with Gasteiger partial charge in [0.15, 0.2) is 0 Å². The molecule has 0 spiro atoms. The maximum absolute atomic E-state index is 13.7. The lowest BCUT2D eigenvalue weighted by Crippen LogP contribution is -2.38. The van der Waals surface area contributed by atoms with E-state index in [0.29, 0.717) is 6.42 Å². The molecule has 0 saturated carbocycles. The van der Waals surface area contributed by atoms with Crippen LogP contribution in [0.3, 0.4) is 0 Å². The molecule has 21 heavy (non-hydrogen) atoms. The van der Waals surface area contributed by atoms with Gasteiger partial charge in [-0.15, -0.1) is 0 Å². The molecule has 0 aromatic heterocycles. The number of hydrazine groups is 1. The van der Waals surface area contributed by atoms with E-state index in [2.05, 4.69) is 24.5 Å². The second-order valence-corrected chi connectivity index (χ2v) is 5.14. The molecular weight excluding hydrogens is 270 g/mol. The number of hydrogen-bond acceptors (Lipinski definition) is 2. The van der Waals surface area contributed by atoms with Crippen molar-refractivity contribution < 1.29 is 8.78 Å². The summed E-state index contributed by atoms with van der Waals surface area (Å²) in [5.74, 6) is 4.47. The van der Waals surface area contributed by atoms with Crippen LogP contribution in [0.4, 0.5) is 8.78 Å². The number of hydrogen-bond donors (Lipinski definition) is 2. The highest BCUT2D eigenvalue weighted by Crippen LogP contribution is 2.16. The lowest BCUT2D eigenvalue weighted by atomic mass is 9.98. The number of benzene rings is 2. The number of nitrogens with two attached hydrogens (primary N) is 1. The summed E-state index contributed by atoms with van der Waals surface area (Å²) in [6, 6.07) is 11.9.